The van der Waals surface area contributed by atoms with E-state index in [1.807, 2.05) is 54.6 Å². The second kappa shape index (κ2) is 11.9. The van der Waals surface area contributed by atoms with Crippen molar-refractivity contribution >= 4 is 39.8 Å². The van der Waals surface area contributed by atoms with Gasteiger partial charge in [0.05, 0.1) is 17.2 Å². The molecule has 1 amide bonds. The van der Waals surface area contributed by atoms with Crippen molar-refractivity contribution in [2.75, 3.05) is 11.9 Å². The number of halogens is 1. The SMILES string of the molecule is CCOC(=O)c1cc(C(C)c2ccccc2)sc1NC(=O)c1cccc(COc2ccccc2Cl)c1. The van der Waals surface area contributed by atoms with E-state index in [1.165, 1.54) is 11.3 Å². The summed E-state index contributed by atoms with van der Waals surface area (Å²) in [5, 5.41) is 3.91. The van der Waals surface area contributed by atoms with Crippen LogP contribution in [0.3, 0.4) is 0 Å². The van der Waals surface area contributed by atoms with Gasteiger partial charge >= 0.3 is 5.97 Å². The topological polar surface area (TPSA) is 64.6 Å². The average Bonchev–Trinajstić information content (AvgIpc) is 3.32. The van der Waals surface area contributed by atoms with Crippen molar-refractivity contribution in [2.45, 2.75) is 26.4 Å². The highest BCUT2D eigenvalue weighted by atomic mass is 35.5. The highest BCUT2D eigenvalue weighted by Crippen LogP contribution is 2.37. The molecule has 0 saturated carbocycles. The summed E-state index contributed by atoms with van der Waals surface area (Å²) in [5.41, 5.74) is 2.75. The lowest BCUT2D eigenvalue weighted by atomic mass is 9.99. The Bertz CT molecular complexity index is 1350. The maximum absolute atomic E-state index is 13.2. The van der Waals surface area contributed by atoms with Crippen LogP contribution in [0.4, 0.5) is 5.00 Å². The predicted molar refractivity (Wildman–Crippen MR) is 144 cm³/mol. The first-order valence-electron chi connectivity index (χ1n) is 11.6. The molecule has 1 atom stereocenters. The van der Waals surface area contributed by atoms with Gasteiger partial charge in [-0.1, -0.05) is 73.1 Å². The van der Waals surface area contributed by atoms with Crippen LogP contribution in [0, 0.1) is 0 Å². The minimum absolute atomic E-state index is 0.0558. The van der Waals surface area contributed by atoms with E-state index in [0.29, 0.717) is 26.9 Å². The Balaban J connectivity index is 1.54. The molecule has 0 fully saturated rings. The highest BCUT2D eigenvalue weighted by Gasteiger charge is 2.22. The molecular formula is C29H26ClNO4S. The number of hydrogen-bond acceptors (Lipinski definition) is 5. The molecule has 3 aromatic carbocycles. The molecule has 0 aliphatic rings. The third-order valence-electron chi connectivity index (χ3n) is 5.62. The minimum Gasteiger partial charge on any atom is -0.487 e. The van der Waals surface area contributed by atoms with E-state index in [1.54, 1.807) is 37.3 Å². The van der Waals surface area contributed by atoms with Crippen molar-refractivity contribution in [1.29, 1.82) is 0 Å². The third kappa shape index (κ3) is 6.14. The van der Waals surface area contributed by atoms with Gasteiger partial charge in [-0.2, -0.15) is 0 Å². The van der Waals surface area contributed by atoms with Gasteiger partial charge in [0.15, 0.2) is 0 Å². The van der Waals surface area contributed by atoms with E-state index >= 15 is 0 Å². The van der Waals surface area contributed by atoms with Gasteiger partial charge in [-0.3, -0.25) is 4.79 Å². The predicted octanol–water partition coefficient (Wildman–Crippen LogP) is 7.56. The van der Waals surface area contributed by atoms with Gasteiger partial charge in [0.1, 0.15) is 17.4 Å². The highest BCUT2D eigenvalue weighted by molar-refractivity contribution is 7.16. The summed E-state index contributed by atoms with van der Waals surface area (Å²) >= 11 is 7.54. The molecular weight excluding hydrogens is 494 g/mol. The molecule has 7 heteroatoms. The molecule has 36 heavy (non-hydrogen) atoms. The molecule has 0 spiro atoms. The van der Waals surface area contributed by atoms with Crippen molar-refractivity contribution in [1.82, 2.24) is 0 Å². The Labute approximate surface area is 219 Å². The number of rotatable bonds is 9. The first-order valence-corrected chi connectivity index (χ1v) is 12.8. The number of anilines is 1. The van der Waals surface area contributed by atoms with E-state index < -0.39 is 5.97 Å². The van der Waals surface area contributed by atoms with Gasteiger partial charge < -0.3 is 14.8 Å². The van der Waals surface area contributed by atoms with Crippen molar-refractivity contribution < 1.29 is 19.1 Å². The number of amides is 1. The smallest absolute Gasteiger partial charge is 0.341 e. The molecule has 5 nitrogen and oxygen atoms in total. The van der Waals surface area contributed by atoms with Crippen LogP contribution in [-0.2, 0) is 11.3 Å². The molecule has 1 heterocycles. The van der Waals surface area contributed by atoms with E-state index in [-0.39, 0.29) is 25.0 Å². The van der Waals surface area contributed by atoms with Gasteiger partial charge in [-0.25, -0.2) is 4.79 Å². The van der Waals surface area contributed by atoms with Gasteiger partial charge in [0.25, 0.3) is 5.91 Å². The van der Waals surface area contributed by atoms with E-state index in [4.69, 9.17) is 21.1 Å². The number of benzene rings is 3. The fourth-order valence-electron chi connectivity index (χ4n) is 3.68. The Hall–Kier alpha value is -3.61. The maximum Gasteiger partial charge on any atom is 0.341 e. The average molecular weight is 520 g/mol. The second-order valence-electron chi connectivity index (χ2n) is 8.12. The Morgan fingerprint density at radius 2 is 1.72 bits per heavy atom. The fraction of sp³-hybridized carbons (Fsp3) is 0.172. The maximum atomic E-state index is 13.2. The first-order chi connectivity index (χ1) is 17.5. The quantitative estimate of drug-likeness (QED) is 0.232. The van der Waals surface area contributed by atoms with Crippen molar-refractivity contribution in [3.63, 3.8) is 0 Å². The fourth-order valence-corrected chi connectivity index (χ4v) is 4.99. The van der Waals surface area contributed by atoms with Crippen LogP contribution < -0.4 is 10.1 Å². The number of esters is 1. The lowest BCUT2D eigenvalue weighted by molar-refractivity contribution is 0.0528. The zero-order chi connectivity index (χ0) is 25.5. The zero-order valence-corrected chi connectivity index (χ0v) is 21.6. The number of carbonyl (C=O) groups excluding carboxylic acids is 2. The minimum atomic E-state index is -0.461. The summed E-state index contributed by atoms with van der Waals surface area (Å²) < 4.78 is 11.0. The standard InChI is InChI=1S/C29H26ClNO4S/c1-3-34-29(33)23-17-26(19(2)21-11-5-4-6-12-21)36-28(23)31-27(32)22-13-9-10-20(16-22)18-35-25-15-8-7-14-24(25)30/h4-17,19H,3,18H2,1-2H3,(H,31,32). The molecule has 0 radical (unpaired) electrons. The van der Waals surface area contributed by atoms with Gasteiger partial charge in [-0.15, -0.1) is 11.3 Å². The molecule has 184 valence electrons. The first kappa shape index (κ1) is 25.5. The van der Waals surface area contributed by atoms with Crippen molar-refractivity contribution in [2.24, 2.45) is 0 Å². The van der Waals surface area contributed by atoms with Gasteiger partial charge in [0, 0.05) is 16.4 Å². The summed E-state index contributed by atoms with van der Waals surface area (Å²) in [5.74, 6) is -0.148. The monoisotopic (exact) mass is 519 g/mol. The molecule has 1 aromatic heterocycles. The second-order valence-corrected chi connectivity index (χ2v) is 9.61. The number of hydrogen-bond donors (Lipinski definition) is 1. The molecule has 4 aromatic rings. The van der Waals surface area contributed by atoms with Crippen LogP contribution in [0.1, 0.15) is 56.5 Å². The summed E-state index contributed by atoms with van der Waals surface area (Å²) in [6.45, 7) is 4.34. The van der Waals surface area contributed by atoms with E-state index in [2.05, 4.69) is 12.2 Å². The summed E-state index contributed by atoms with van der Waals surface area (Å²) in [6, 6.07) is 26.2. The number of carbonyl (C=O) groups is 2. The molecule has 0 saturated heterocycles. The Morgan fingerprint density at radius 1 is 0.972 bits per heavy atom. The van der Waals surface area contributed by atoms with Crippen molar-refractivity contribution in [3.05, 3.63) is 117 Å². The van der Waals surface area contributed by atoms with Gasteiger partial charge in [0.2, 0.25) is 0 Å². The summed E-state index contributed by atoms with van der Waals surface area (Å²) in [6.07, 6.45) is 0. The largest absolute Gasteiger partial charge is 0.487 e. The Kier molecular flexibility index (Phi) is 8.41. The van der Waals surface area contributed by atoms with Crippen LogP contribution in [0.2, 0.25) is 5.02 Å². The number of ether oxygens (including phenoxy) is 2. The number of para-hydroxylation sites is 1. The van der Waals surface area contributed by atoms with Gasteiger partial charge in [-0.05, 0) is 48.4 Å². The van der Waals surface area contributed by atoms with E-state index in [9.17, 15) is 9.59 Å². The van der Waals surface area contributed by atoms with E-state index in [0.717, 1.165) is 16.0 Å². The third-order valence-corrected chi connectivity index (χ3v) is 7.17. The molecule has 0 aliphatic carbocycles. The molecule has 4 rings (SSSR count). The molecule has 0 bridgehead atoms. The van der Waals surface area contributed by atoms with Crippen LogP contribution in [0.5, 0.6) is 5.75 Å². The van der Waals surface area contributed by atoms with Crippen LogP contribution in [0.15, 0.2) is 84.9 Å². The number of nitrogens with one attached hydrogen (secondary N) is 1. The molecule has 1 N–H and O–H groups in total. The molecule has 1 unspecified atom stereocenters. The van der Waals surface area contributed by atoms with Crippen molar-refractivity contribution in [3.8, 4) is 5.75 Å². The Morgan fingerprint density at radius 3 is 2.47 bits per heavy atom. The number of thiophene rings is 1. The summed E-state index contributed by atoms with van der Waals surface area (Å²) in [7, 11) is 0. The molecule has 0 aliphatic heterocycles. The zero-order valence-electron chi connectivity index (χ0n) is 20.0. The van der Waals surface area contributed by atoms with Crippen LogP contribution in [-0.4, -0.2) is 18.5 Å². The lowest BCUT2D eigenvalue weighted by Gasteiger charge is -2.10. The normalized spacial score (nSPS) is 11.5. The van der Waals surface area contributed by atoms with Crippen LogP contribution >= 0.6 is 22.9 Å². The summed E-state index contributed by atoms with van der Waals surface area (Å²) in [4.78, 5) is 26.8. The lowest BCUT2D eigenvalue weighted by Crippen LogP contribution is -2.14. The van der Waals surface area contributed by atoms with Crippen LogP contribution in [0.25, 0.3) is 0 Å².